The summed E-state index contributed by atoms with van der Waals surface area (Å²) >= 11 is 0. The summed E-state index contributed by atoms with van der Waals surface area (Å²) < 4.78 is 43.1. The average molecular weight is 500 g/mol. The number of allylic oxidation sites excluding steroid dienone is 4. The lowest BCUT2D eigenvalue weighted by molar-refractivity contribution is -0.0720. The summed E-state index contributed by atoms with van der Waals surface area (Å²) in [7, 11) is 3.03. The first-order chi connectivity index (χ1) is 17.3. The molecule has 1 aliphatic rings. The molecule has 1 N–H and O–H groups in total. The summed E-state index contributed by atoms with van der Waals surface area (Å²) in [4.78, 5) is 14.4. The molecule has 2 aromatic carbocycles. The van der Waals surface area contributed by atoms with Crippen LogP contribution < -0.4 is 4.74 Å². The van der Waals surface area contributed by atoms with Crippen LogP contribution in [0.2, 0.25) is 0 Å². The summed E-state index contributed by atoms with van der Waals surface area (Å²) in [5.74, 6) is -0.673. The van der Waals surface area contributed by atoms with Gasteiger partial charge in [0.2, 0.25) is 0 Å². The molecular formula is C28H31F2NO5. The molecule has 1 atom stereocenters. The maximum atomic E-state index is 13.7. The van der Waals surface area contributed by atoms with Gasteiger partial charge in [0.05, 0.1) is 7.11 Å². The van der Waals surface area contributed by atoms with Gasteiger partial charge >= 0.3 is 6.09 Å². The Morgan fingerprint density at radius 3 is 2.64 bits per heavy atom. The van der Waals surface area contributed by atoms with Gasteiger partial charge in [-0.2, -0.15) is 0 Å². The molecule has 0 heterocycles. The van der Waals surface area contributed by atoms with Crippen LogP contribution in [-0.2, 0) is 22.4 Å². The molecule has 192 valence electrons. The fourth-order valence-electron chi connectivity index (χ4n) is 3.91. The Balaban J connectivity index is 1.81. The van der Waals surface area contributed by atoms with Gasteiger partial charge < -0.3 is 24.2 Å². The number of carbonyl (C=O) groups is 1. The molecule has 36 heavy (non-hydrogen) atoms. The third-order valence-corrected chi connectivity index (χ3v) is 5.77. The van der Waals surface area contributed by atoms with Gasteiger partial charge in [-0.1, -0.05) is 42.5 Å². The second kappa shape index (κ2) is 13.0. The van der Waals surface area contributed by atoms with Gasteiger partial charge in [-0.15, -0.1) is 0 Å². The fraction of sp³-hybridized carbons (Fsp3) is 0.321. The normalized spacial score (nSPS) is 14.2. The van der Waals surface area contributed by atoms with Crippen molar-refractivity contribution >= 4 is 6.09 Å². The van der Waals surface area contributed by atoms with Crippen LogP contribution in [0.25, 0.3) is 11.1 Å². The molecule has 0 aliphatic heterocycles. The monoisotopic (exact) mass is 499 g/mol. The highest BCUT2D eigenvalue weighted by Crippen LogP contribution is 2.35. The summed E-state index contributed by atoms with van der Waals surface area (Å²) in [6, 6.07) is 13.3. The molecule has 0 saturated carbocycles. The molecule has 0 saturated heterocycles. The van der Waals surface area contributed by atoms with Crippen molar-refractivity contribution in [2.45, 2.75) is 32.6 Å². The van der Waals surface area contributed by atoms with Crippen molar-refractivity contribution in [2.24, 2.45) is 0 Å². The molecule has 8 heteroatoms. The third-order valence-electron chi connectivity index (χ3n) is 5.77. The van der Waals surface area contributed by atoms with Crippen LogP contribution in [0.5, 0.6) is 5.75 Å². The summed E-state index contributed by atoms with van der Waals surface area (Å²) in [6.07, 6.45) is 2.25. The second-order valence-corrected chi connectivity index (χ2v) is 8.26. The van der Waals surface area contributed by atoms with Crippen molar-refractivity contribution in [2.75, 3.05) is 27.4 Å². The molecule has 0 spiro atoms. The lowest BCUT2D eigenvalue weighted by Crippen LogP contribution is -2.31. The minimum absolute atomic E-state index is 0.0536. The lowest BCUT2D eigenvalue weighted by atomic mass is 9.96. The Kier molecular flexibility index (Phi) is 9.78. The van der Waals surface area contributed by atoms with Crippen LogP contribution in [0.15, 0.2) is 77.9 Å². The van der Waals surface area contributed by atoms with E-state index in [-0.39, 0.29) is 19.6 Å². The van der Waals surface area contributed by atoms with E-state index in [4.69, 9.17) is 14.2 Å². The molecule has 6 nitrogen and oxygen atoms in total. The topological polar surface area (TPSA) is 68.2 Å². The number of hydrogen-bond acceptors (Lipinski definition) is 5. The first-order valence-electron chi connectivity index (χ1n) is 11.6. The smallest absolute Gasteiger partial charge is 0.410 e. The minimum atomic E-state index is -0.915. The fourth-order valence-corrected chi connectivity index (χ4v) is 3.91. The number of hydrogen-bond donors (Lipinski definition) is 1. The average Bonchev–Trinajstić information content (AvgIpc) is 3.04. The van der Waals surface area contributed by atoms with E-state index < -0.39 is 24.0 Å². The zero-order valence-electron chi connectivity index (χ0n) is 20.7. The van der Waals surface area contributed by atoms with E-state index in [1.807, 2.05) is 49.4 Å². The Labute approximate surface area is 210 Å². The molecule has 1 aliphatic carbocycles. The van der Waals surface area contributed by atoms with Crippen LogP contribution in [0, 0.1) is 0 Å². The van der Waals surface area contributed by atoms with Gasteiger partial charge in [-0.05, 0) is 41.3 Å². The third kappa shape index (κ3) is 7.26. The molecule has 1 amide bonds. The van der Waals surface area contributed by atoms with Crippen molar-refractivity contribution in [3.05, 3.63) is 89.0 Å². The van der Waals surface area contributed by atoms with E-state index in [0.29, 0.717) is 24.3 Å². The SMILES string of the molecule is CCN(Cc1cccc(OC)c1-c1cccc(CC(O)OC)c1)C(=O)OCC1=CCC(F)=CC(F)=C1. The van der Waals surface area contributed by atoms with Gasteiger partial charge in [0.15, 0.2) is 6.29 Å². The largest absolute Gasteiger partial charge is 0.496 e. The van der Waals surface area contributed by atoms with E-state index in [0.717, 1.165) is 34.4 Å². The van der Waals surface area contributed by atoms with Crippen molar-refractivity contribution in [3.8, 4) is 16.9 Å². The summed E-state index contributed by atoms with van der Waals surface area (Å²) in [5.41, 5.74) is 3.79. The molecule has 0 aromatic heterocycles. The maximum Gasteiger partial charge on any atom is 0.410 e. The first kappa shape index (κ1) is 27.1. The van der Waals surface area contributed by atoms with E-state index in [2.05, 4.69) is 0 Å². The number of amides is 1. The standard InChI is InChI=1S/C28H31F2NO5/c1-4-31(28(33)36-18-20-11-12-23(29)16-24(30)14-20)17-22-9-6-10-25(34-2)27(22)21-8-5-7-19(13-21)15-26(32)35-3/h5-11,13-14,16,26,32H,4,12,15,17-18H2,1-3H3. The highest BCUT2D eigenvalue weighted by atomic mass is 19.1. The van der Waals surface area contributed by atoms with Gasteiger partial charge in [0.1, 0.15) is 24.0 Å². The zero-order valence-corrected chi connectivity index (χ0v) is 20.7. The predicted molar refractivity (Wildman–Crippen MR) is 134 cm³/mol. The minimum Gasteiger partial charge on any atom is -0.496 e. The van der Waals surface area contributed by atoms with Crippen LogP contribution in [0.4, 0.5) is 13.6 Å². The molecule has 0 bridgehead atoms. The Morgan fingerprint density at radius 2 is 1.92 bits per heavy atom. The molecule has 0 fully saturated rings. The number of halogens is 2. The van der Waals surface area contributed by atoms with Crippen LogP contribution in [-0.4, -0.2) is 49.8 Å². The number of carbonyl (C=O) groups excluding carboxylic acids is 1. The molecule has 0 radical (unpaired) electrons. The predicted octanol–water partition coefficient (Wildman–Crippen LogP) is 5.86. The Hall–Kier alpha value is -3.49. The van der Waals surface area contributed by atoms with Crippen molar-refractivity contribution in [3.63, 3.8) is 0 Å². The van der Waals surface area contributed by atoms with Crippen molar-refractivity contribution < 1.29 is 32.9 Å². The number of aliphatic hydroxyl groups is 1. The maximum absolute atomic E-state index is 13.7. The van der Waals surface area contributed by atoms with Gasteiger partial charge in [-0.25, -0.2) is 13.6 Å². The van der Waals surface area contributed by atoms with Crippen molar-refractivity contribution in [1.29, 1.82) is 0 Å². The number of methoxy groups -OCH3 is 2. The Morgan fingerprint density at radius 1 is 1.14 bits per heavy atom. The number of benzene rings is 2. The molecule has 2 aromatic rings. The number of ether oxygens (including phenoxy) is 3. The molecule has 1 unspecified atom stereocenters. The number of nitrogens with zero attached hydrogens (tertiary/aromatic N) is 1. The van der Waals surface area contributed by atoms with E-state index in [9.17, 15) is 18.7 Å². The second-order valence-electron chi connectivity index (χ2n) is 8.26. The lowest BCUT2D eigenvalue weighted by Gasteiger charge is -2.23. The van der Waals surface area contributed by atoms with Crippen LogP contribution in [0.1, 0.15) is 24.5 Å². The van der Waals surface area contributed by atoms with E-state index in [1.165, 1.54) is 18.1 Å². The van der Waals surface area contributed by atoms with E-state index in [1.54, 1.807) is 7.11 Å². The highest BCUT2D eigenvalue weighted by Gasteiger charge is 2.19. The number of rotatable bonds is 10. The quantitative estimate of drug-likeness (QED) is 0.415. The highest BCUT2D eigenvalue weighted by molar-refractivity contribution is 5.75. The van der Waals surface area contributed by atoms with Gasteiger partial charge in [0.25, 0.3) is 0 Å². The van der Waals surface area contributed by atoms with Gasteiger partial charge in [-0.3, -0.25) is 0 Å². The Bertz CT molecular complexity index is 1160. The summed E-state index contributed by atoms with van der Waals surface area (Å²) in [5, 5.41) is 9.87. The van der Waals surface area contributed by atoms with E-state index >= 15 is 0 Å². The molecular weight excluding hydrogens is 468 g/mol. The van der Waals surface area contributed by atoms with Gasteiger partial charge in [0, 0.05) is 44.7 Å². The van der Waals surface area contributed by atoms with Crippen LogP contribution in [0.3, 0.4) is 0 Å². The first-order valence-corrected chi connectivity index (χ1v) is 11.6. The van der Waals surface area contributed by atoms with Crippen LogP contribution >= 0.6 is 0 Å². The number of aliphatic hydroxyl groups excluding tert-OH is 1. The summed E-state index contributed by atoms with van der Waals surface area (Å²) in [6.45, 7) is 2.28. The van der Waals surface area contributed by atoms with Crippen molar-refractivity contribution in [1.82, 2.24) is 4.90 Å². The zero-order chi connectivity index (χ0) is 26.1. The molecule has 3 rings (SSSR count).